The van der Waals surface area contributed by atoms with Crippen molar-refractivity contribution < 1.29 is 18.0 Å². The van der Waals surface area contributed by atoms with Gasteiger partial charge in [0.2, 0.25) is 10.0 Å². The van der Waals surface area contributed by atoms with Crippen LogP contribution in [0.3, 0.4) is 0 Å². The third kappa shape index (κ3) is 8.95. The average Bonchev–Trinajstić information content (AvgIpc) is 2.67. The summed E-state index contributed by atoms with van der Waals surface area (Å²) in [6.45, 7) is 0.141. The average molecular weight is 424 g/mol. The Morgan fingerprint density at radius 1 is 0.828 bits per heavy atom. The first-order valence-electron chi connectivity index (χ1n) is 10.6. The van der Waals surface area contributed by atoms with Gasteiger partial charge in [0.05, 0.1) is 4.90 Å². The van der Waals surface area contributed by atoms with Gasteiger partial charge in [0, 0.05) is 12.6 Å². The van der Waals surface area contributed by atoms with Crippen LogP contribution in [0, 0.1) is 0 Å². The van der Waals surface area contributed by atoms with E-state index in [0.29, 0.717) is 5.56 Å². The van der Waals surface area contributed by atoms with Gasteiger partial charge in [-0.25, -0.2) is 13.6 Å². The zero-order valence-corrected chi connectivity index (χ0v) is 17.8. The summed E-state index contributed by atoms with van der Waals surface area (Å²) in [7, 11) is -3.75. The molecule has 0 aromatic heterocycles. The molecule has 0 atom stereocenters. The molecule has 1 aromatic rings. The molecule has 4 N–H and O–H groups in total. The minimum Gasteiger partial charge on any atom is -0.345 e. The van der Waals surface area contributed by atoms with E-state index in [1.165, 1.54) is 57.1 Å². The third-order valence-electron chi connectivity index (χ3n) is 5.35. The molecule has 162 valence electrons. The van der Waals surface area contributed by atoms with Crippen LogP contribution in [0.25, 0.3) is 0 Å². The summed E-state index contributed by atoms with van der Waals surface area (Å²) in [5.74, 6) is -1.28. The number of carbonyl (C=O) groups excluding carboxylic acids is 2. The normalized spacial score (nSPS) is 17.6. The maximum absolute atomic E-state index is 12.3. The molecule has 1 aliphatic carbocycles. The summed E-state index contributed by atoms with van der Waals surface area (Å²) in [5.41, 5.74) is 0.685. The highest BCUT2D eigenvalue weighted by Crippen LogP contribution is 2.17. The van der Waals surface area contributed by atoms with Crippen molar-refractivity contribution in [3.05, 3.63) is 29.8 Å². The van der Waals surface area contributed by atoms with Crippen LogP contribution in [0.15, 0.2) is 29.2 Å². The molecule has 8 heteroatoms. The Bertz CT molecular complexity index is 751. The summed E-state index contributed by atoms with van der Waals surface area (Å²) in [5, 5.41) is 10.5. The summed E-state index contributed by atoms with van der Waals surface area (Å²) in [6, 6.07) is 5.92. The number of primary sulfonamides is 1. The molecule has 1 saturated carbocycles. The fourth-order valence-corrected chi connectivity index (χ4v) is 4.13. The second kappa shape index (κ2) is 11.9. The van der Waals surface area contributed by atoms with E-state index in [1.54, 1.807) is 12.1 Å². The van der Waals surface area contributed by atoms with Crippen molar-refractivity contribution >= 4 is 21.8 Å². The van der Waals surface area contributed by atoms with E-state index in [0.717, 1.165) is 25.7 Å². The predicted molar refractivity (Wildman–Crippen MR) is 112 cm³/mol. The van der Waals surface area contributed by atoms with Gasteiger partial charge in [0.15, 0.2) is 0 Å². The summed E-state index contributed by atoms with van der Waals surface area (Å²) in [6.07, 6.45) is 12.7. The fraction of sp³-hybridized carbons (Fsp3) is 0.619. The molecule has 1 aliphatic rings. The molecule has 0 aliphatic heterocycles. The zero-order valence-electron chi connectivity index (χ0n) is 17.0. The van der Waals surface area contributed by atoms with E-state index < -0.39 is 21.8 Å². The molecule has 2 amide bonds. The van der Waals surface area contributed by atoms with Crippen LogP contribution in [-0.2, 0) is 26.2 Å². The first-order valence-corrected chi connectivity index (χ1v) is 12.1. The second-order valence-corrected chi connectivity index (χ2v) is 9.36. The summed E-state index contributed by atoms with van der Waals surface area (Å²) in [4.78, 5) is 24.4. The molecule has 2 rings (SSSR count). The standard InChI is InChI=1S/C21H33N3O4S/c22-29(27,28)19-14-12-17(13-15-19)16-23-20(25)21(26)24-18-10-8-6-4-2-1-3-5-7-9-11-18/h12-15,18H,1-11,16H2,(H,23,25)(H,24,26)(H2,22,27,28). The lowest BCUT2D eigenvalue weighted by molar-refractivity contribution is -0.139. The lowest BCUT2D eigenvalue weighted by Gasteiger charge is -2.19. The number of carbonyl (C=O) groups is 2. The first-order chi connectivity index (χ1) is 13.9. The van der Waals surface area contributed by atoms with Crippen molar-refractivity contribution in [2.45, 2.75) is 88.1 Å². The maximum atomic E-state index is 12.3. The van der Waals surface area contributed by atoms with Gasteiger partial charge in [-0.3, -0.25) is 9.59 Å². The van der Waals surface area contributed by atoms with Crippen LogP contribution >= 0.6 is 0 Å². The first kappa shape index (κ1) is 23.3. The SMILES string of the molecule is NS(=O)(=O)c1ccc(CNC(=O)C(=O)NC2CCCCCCCCCCC2)cc1. The molecule has 0 heterocycles. The highest BCUT2D eigenvalue weighted by atomic mass is 32.2. The van der Waals surface area contributed by atoms with Gasteiger partial charge in [-0.05, 0) is 30.5 Å². The Labute approximate surface area is 173 Å². The van der Waals surface area contributed by atoms with E-state index in [1.807, 2.05) is 0 Å². The van der Waals surface area contributed by atoms with Crippen LogP contribution in [0.2, 0.25) is 0 Å². The van der Waals surface area contributed by atoms with Crippen LogP contribution in [0.1, 0.15) is 76.2 Å². The second-order valence-electron chi connectivity index (χ2n) is 7.80. The Morgan fingerprint density at radius 3 is 1.79 bits per heavy atom. The van der Waals surface area contributed by atoms with Crippen molar-refractivity contribution in [1.82, 2.24) is 10.6 Å². The van der Waals surface area contributed by atoms with E-state index >= 15 is 0 Å². The van der Waals surface area contributed by atoms with Crippen molar-refractivity contribution in [3.8, 4) is 0 Å². The van der Waals surface area contributed by atoms with Gasteiger partial charge in [-0.1, -0.05) is 69.9 Å². The molecule has 1 aromatic carbocycles. The van der Waals surface area contributed by atoms with Gasteiger partial charge < -0.3 is 10.6 Å². The molecule has 0 bridgehead atoms. The quantitative estimate of drug-likeness (QED) is 0.645. The third-order valence-corrected chi connectivity index (χ3v) is 6.28. The molecule has 1 fully saturated rings. The van der Waals surface area contributed by atoms with Crippen molar-refractivity contribution in [2.75, 3.05) is 0 Å². The van der Waals surface area contributed by atoms with Gasteiger partial charge in [0.25, 0.3) is 0 Å². The molecule has 0 saturated heterocycles. The number of nitrogens with two attached hydrogens (primary N) is 1. The van der Waals surface area contributed by atoms with E-state index in [2.05, 4.69) is 10.6 Å². The number of rotatable bonds is 4. The Hall–Kier alpha value is -1.93. The molecule has 7 nitrogen and oxygen atoms in total. The minimum atomic E-state index is -3.75. The predicted octanol–water partition coefficient (Wildman–Crippen LogP) is 2.74. The van der Waals surface area contributed by atoms with Crippen molar-refractivity contribution in [3.63, 3.8) is 0 Å². The lowest BCUT2D eigenvalue weighted by atomic mass is 9.98. The number of hydrogen-bond acceptors (Lipinski definition) is 4. The summed E-state index contributed by atoms with van der Waals surface area (Å²) >= 11 is 0. The van der Waals surface area contributed by atoms with Gasteiger partial charge in [0.1, 0.15) is 0 Å². The Kier molecular flexibility index (Phi) is 9.60. The zero-order chi connectivity index (χ0) is 21.1. The van der Waals surface area contributed by atoms with E-state index in [4.69, 9.17) is 5.14 Å². The van der Waals surface area contributed by atoms with Crippen LogP contribution in [0.4, 0.5) is 0 Å². The van der Waals surface area contributed by atoms with Gasteiger partial charge >= 0.3 is 11.8 Å². The largest absolute Gasteiger partial charge is 0.345 e. The highest BCUT2D eigenvalue weighted by molar-refractivity contribution is 7.89. The minimum absolute atomic E-state index is 0.00724. The molecular weight excluding hydrogens is 390 g/mol. The molecule has 29 heavy (non-hydrogen) atoms. The number of nitrogens with one attached hydrogen (secondary N) is 2. The van der Waals surface area contributed by atoms with Gasteiger partial charge in [-0.2, -0.15) is 0 Å². The number of hydrogen-bond donors (Lipinski definition) is 3. The van der Waals surface area contributed by atoms with Crippen molar-refractivity contribution in [1.29, 1.82) is 0 Å². The number of amides is 2. The van der Waals surface area contributed by atoms with Gasteiger partial charge in [-0.15, -0.1) is 0 Å². The summed E-state index contributed by atoms with van der Waals surface area (Å²) < 4.78 is 22.5. The molecule has 0 radical (unpaired) electrons. The monoisotopic (exact) mass is 423 g/mol. The molecule has 0 spiro atoms. The highest BCUT2D eigenvalue weighted by Gasteiger charge is 2.18. The molecular formula is C21H33N3O4S. The smallest absolute Gasteiger partial charge is 0.309 e. The van der Waals surface area contributed by atoms with Crippen LogP contribution < -0.4 is 15.8 Å². The fourth-order valence-electron chi connectivity index (χ4n) is 3.62. The Balaban J connectivity index is 1.80. The van der Waals surface area contributed by atoms with Crippen LogP contribution in [-0.4, -0.2) is 26.3 Å². The van der Waals surface area contributed by atoms with E-state index in [9.17, 15) is 18.0 Å². The molecule has 0 unspecified atom stereocenters. The number of sulfonamides is 1. The number of benzene rings is 1. The topological polar surface area (TPSA) is 118 Å². The van der Waals surface area contributed by atoms with Crippen LogP contribution in [0.5, 0.6) is 0 Å². The maximum Gasteiger partial charge on any atom is 0.309 e. The van der Waals surface area contributed by atoms with E-state index in [-0.39, 0.29) is 17.5 Å². The van der Waals surface area contributed by atoms with Crippen molar-refractivity contribution in [2.24, 2.45) is 5.14 Å². The lowest BCUT2D eigenvalue weighted by Crippen LogP contribution is -2.44. The Morgan fingerprint density at radius 2 is 1.31 bits per heavy atom.